The van der Waals surface area contributed by atoms with Crippen molar-refractivity contribution in [3.8, 4) is 0 Å². The summed E-state index contributed by atoms with van der Waals surface area (Å²) in [7, 11) is 0. The molecule has 0 aliphatic heterocycles. The zero-order valence-corrected chi connectivity index (χ0v) is 13.4. The Morgan fingerprint density at radius 1 is 1.33 bits per heavy atom. The van der Waals surface area contributed by atoms with Crippen LogP contribution in [0.4, 0.5) is 0 Å². The van der Waals surface area contributed by atoms with Gasteiger partial charge < -0.3 is 17.0 Å². The van der Waals surface area contributed by atoms with Crippen LogP contribution in [-0.2, 0) is 39.3 Å². The predicted octanol–water partition coefficient (Wildman–Crippen LogP) is -1.16. The molecule has 0 unspecified atom stereocenters. The molecule has 0 heterocycles. The van der Waals surface area contributed by atoms with Gasteiger partial charge in [-0.25, -0.2) is 0 Å². The summed E-state index contributed by atoms with van der Waals surface area (Å²) in [5.74, 6) is -0.131. The van der Waals surface area contributed by atoms with E-state index in [0.29, 0.717) is 13.0 Å². The zero-order chi connectivity index (χ0) is 10.4. The number of carbonyl (C=O) groups is 1. The van der Waals surface area contributed by atoms with Crippen molar-refractivity contribution < 1.29 is 44.8 Å². The molecule has 0 bridgehead atoms. The first-order valence-corrected chi connectivity index (χ1v) is 6.89. The summed E-state index contributed by atoms with van der Waals surface area (Å²) in [6.45, 7) is 2.29. The van der Waals surface area contributed by atoms with E-state index >= 15 is 0 Å². The first-order valence-electron chi connectivity index (χ1n) is 4.79. The number of hydrogen-bond donors (Lipinski definition) is 0. The fraction of sp³-hybridized carbons (Fsp3) is 0.364. The van der Waals surface area contributed by atoms with E-state index < -0.39 is 0 Å². The van der Waals surface area contributed by atoms with Gasteiger partial charge in [-0.1, -0.05) is 0 Å². The standard InChI is InChI=1S/C11H13O2.BrH.Zn/c1-3-13-11(12)8-10-7-5-4-6-9(10)2;;/h4-7H,2-3,8H2,1H3;1H;/q;;+1/p-1. The summed E-state index contributed by atoms with van der Waals surface area (Å²) in [5.41, 5.74) is 2.39. The zero-order valence-electron chi connectivity index (χ0n) is 8.83. The molecule has 0 atom stereocenters. The van der Waals surface area contributed by atoms with Gasteiger partial charge in [-0.2, -0.15) is 0 Å². The van der Waals surface area contributed by atoms with E-state index in [4.69, 9.17) is 4.74 Å². The van der Waals surface area contributed by atoms with Gasteiger partial charge in [-0.3, -0.25) is 0 Å². The predicted molar refractivity (Wildman–Crippen MR) is 50.5 cm³/mol. The molecular formula is C11H13BrO2Zn. The SMILES string of the molecule is CCOC(=O)Cc1ccccc1[CH2][Zn+].[Br-]. The number of rotatable bonds is 4. The Balaban J connectivity index is 0.00000196. The van der Waals surface area contributed by atoms with Gasteiger partial charge in [0, 0.05) is 0 Å². The second kappa shape index (κ2) is 8.01. The van der Waals surface area contributed by atoms with Gasteiger partial charge in [-0.05, 0) is 0 Å². The Morgan fingerprint density at radius 2 is 1.93 bits per heavy atom. The molecule has 0 saturated carbocycles. The summed E-state index contributed by atoms with van der Waals surface area (Å²) < 4.78 is 4.92. The van der Waals surface area contributed by atoms with Crippen molar-refractivity contribution in [2.24, 2.45) is 0 Å². The van der Waals surface area contributed by atoms with E-state index in [-0.39, 0.29) is 23.0 Å². The summed E-state index contributed by atoms with van der Waals surface area (Å²) in [5, 5.41) is 1.08. The van der Waals surface area contributed by atoms with Crippen molar-refractivity contribution in [2.45, 2.75) is 18.4 Å². The van der Waals surface area contributed by atoms with Gasteiger partial charge in [-0.15, -0.1) is 0 Å². The van der Waals surface area contributed by atoms with Crippen molar-refractivity contribution >= 4 is 5.97 Å². The number of ether oxygens (including phenoxy) is 1. The minimum absolute atomic E-state index is 0. The molecule has 78 valence electrons. The summed E-state index contributed by atoms with van der Waals surface area (Å²) in [4.78, 5) is 11.3. The third-order valence-corrected chi connectivity index (χ3v) is 3.16. The molecule has 2 nitrogen and oxygen atoms in total. The second-order valence-corrected chi connectivity index (χ2v) is 4.05. The second-order valence-electron chi connectivity index (χ2n) is 3.00. The van der Waals surface area contributed by atoms with Crippen LogP contribution in [0.1, 0.15) is 18.1 Å². The van der Waals surface area contributed by atoms with Crippen LogP contribution in [-0.4, -0.2) is 12.6 Å². The third kappa shape index (κ3) is 4.90. The Bertz CT molecular complexity index is 315. The topological polar surface area (TPSA) is 26.3 Å². The normalized spacial score (nSPS) is 9.27. The molecule has 0 aromatic heterocycles. The fourth-order valence-corrected chi connectivity index (χ4v) is 2.36. The molecule has 0 aliphatic carbocycles. The molecular weight excluding hydrogens is 309 g/mol. The molecule has 0 saturated heterocycles. The van der Waals surface area contributed by atoms with Gasteiger partial charge in [0.15, 0.2) is 0 Å². The number of carbonyl (C=O) groups excluding carboxylic acids is 1. The van der Waals surface area contributed by atoms with Crippen LogP contribution in [0, 0.1) is 0 Å². The van der Waals surface area contributed by atoms with Crippen molar-refractivity contribution in [2.75, 3.05) is 6.61 Å². The van der Waals surface area contributed by atoms with Crippen LogP contribution in [0.15, 0.2) is 24.3 Å². The molecule has 1 aromatic carbocycles. The van der Waals surface area contributed by atoms with E-state index in [0.717, 1.165) is 10.6 Å². The van der Waals surface area contributed by atoms with Crippen molar-refractivity contribution in [3.05, 3.63) is 35.4 Å². The van der Waals surface area contributed by atoms with Crippen LogP contribution in [0.5, 0.6) is 0 Å². The first kappa shape index (κ1) is 14.8. The molecule has 1 aromatic rings. The van der Waals surface area contributed by atoms with E-state index in [9.17, 15) is 4.79 Å². The Hall–Kier alpha value is -0.207. The summed E-state index contributed by atoms with van der Waals surface area (Å²) in [6.07, 6.45) is 0.407. The summed E-state index contributed by atoms with van der Waals surface area (Å²) in [6, 6.07) is 8.06. The molecule has 0 radical (unpaired) electrons. The Labute approximate surface area is 111 Å². The van der Waals surface area contributed by atoms with Gasteiger partial charge in [0.25, 0.3) is 0 Å². The van der Waals surface area contributed by atoms with E-state index in [1.54, 1.807) is 0 Å². The van der Waals surface area contributed by atoms with E-state index in [1.807, 2.05) is 25.1 Å². The van der Waals surface area contributed by atoms with E-state index in [1.165, 1.54) is 23.9 Å². The summed E-state index contributed by atoms with van der Waals surface area (Å²) >= 11 is 1.22. The van der Waals surface area contributed by atoms with Crippen molar-refractivity contribution in [1.29, 1.82) is 0 Å². The Morgan fingerprint density at radius 3 is 2.47 bits per heavy atom. The van der Waals surface area contributed by atoms with Crippen LogP contribution < -0.4 is 17.0 Å². The smallest absolute Gasteiger partial charge is 1.00 e. The Kier molecular flexibility index (Phi) is 7.89. The van der Waals surface area contributed by atoms with Crippen LogP contribution in [0.3, 0.4) is 0 Å². The minimum atomic E-state index is -0.131. The molecule has 15 heavy (non-hydrogen) atoms. The number of benzene rings is 1. The molecule has 4 heteroatoms. The van der Waals surface area contributed by atoms with Gasteiger partial charge in [0.2, 0.25) is 0 Å². The maximum absolute atomic E-state index is 11.3. The molecule has 0 amide bonds. The minimum Gasteiger partial charge on any atom is -1.00 e. The molecule has 0 spiro atoms. The van der Waals surface area contributed by atoms with Gasteiger partial charge >= 0.3 is 94.2 Å². The average molecular weight is 323 g/mol. The largest absolute Gasteiger partial charge is 1.00 e. The van der Waals surface area contributed by atoms with Crippen LogP contribution >= 0.6 is 0 Å². The van der Waals surface area contributed by atoms with Crippen LogP contribution in [0.2, 0.25) is 0 Å². The molecule has 0 aliphatic rings. The monoisotopic (exact) mass is 320 g/mol. The molecule has 1 rings (SSSR count). The van der Waals surface area contributed by atoms with Crippen molar-refractivity contribution in [3.63, 3.8) is 0 Å². The van der Waals surface area contributed by atoms with Crippen molar-refractivity contribution in [1.82, 2.24) is 0 Å². The molecule has 0 fully saturated rings. The third-order valence-electron chi connectivity index (χ3n) is 2.03. The quantitative estimate of drug-likeness (QED) is 0.517. The van der Waals surface area contributed by atoms with Crippen LogP contribution in [0.25, 0.3) is 0 Å². The first-order chi connectivity index (χ1) is 6.77. The maximum Gasteiger partial charge on any atom is -1.00 e. The van der Waals surface area contributed by atoms with E-state index in [2.05, 4.69) is 6.07 Å². The number of hydrogen-bond acceptors (Lipinski definition) is 2. The fourth-order valence-electron chi connectivity index (χ4n) is 1.34. The van der Waals surface area contributed by atoms with Gasteiger partial charge in [0.1, 0.15) is 0 Å². The number of halogens is 1. The molecule has 0 N–H and O–H groups in total. The number of esters is 1. The average Bonchev–Trinajstić information content (AvgIpc) is 2.19. The maximum atomic E-state index is 11.3. The van der Waals surface area contributed by atoms with Gasteiger partial charge in [0.05, 0.1) is 0 Å².